The first-order chi connectivity index (χ1) is 17.5. The SMILES string of the molecule is COc1ccc(Cn2c(=O)c(C(=O)N3CCN(C(=O)NC4CCCC4)CC3)nc3cccnc32)cc1. The molecule has 2 fully saturated rings. The Balaban J connectivity index is 1.35. The third kappa shape index (κ3) is 4.89. The first kappa shape index (κ1) is 23.8. The Morgan fingerprint density at radius 2 is 1.72 bits per heavy atom. The molecule has 1 aromatic carbocycles. The third-order valence-corrected chi connectivity index (χ3v) is 6.94. The molecule has 2 aromatic heterocycles. The zero-order chi connectivity index (χ0) is 25.1. The van der Waals surface area contributed by atoms with Crippen molar-refractivity contribution in [1.29, 1.82) is 0 Å². The molecule has 0 radical (unpaired) electrons. The summed E-state index contributed by atoms with van der Waals surface area (Å²) in [5.41, 5.74) is 1.15. The van der Waals surface area contributed by atoms with Gasteiger partial charge in [-0.2, -0.15) is 0 Å². The molecule has 3 aromatic rings. The van der Waals surface area contributed by atoms with Crippen molar-refractivity contribution in [3.63, 3.8) is 0 Å². The van der Waals surface area contributed by atoms with Crippen LogP contribution in [0.1, 0.15) is 41.7 Å². The number of nitrogens with one attached hydrogen (secondary N) is 1. The van der Waals surface area contributed by atoms with Crippen LogP contribution in [0.4, 0.5) is 4.79 Å². The topological polar surface area (TPSA) is 110 Å². The monoisotopic (exact) mass is 490 g/mol. The van der Waals surface area contributed by atoms with Crippen LogP contribution in [0.15, 0.2) is 47.4 Å². The number of methoxy groups -OCH3 is 1. The van der Waals surface area contributed by atoms with E-state index < -0.39 is 11.5 Å². The van der Waals surface area contributed by atoms with Crippen molar-refractivity contribution in [2.45, 2.75) is 38.3 Å². The predicted molar refractivity (Wildman–Crippen MR) is 134 cm³/mol. The van der Waals surface area contributed by atoms with Gasteiger partial charge in [-0.3, -0.25) is 14.2 Å². The lowest BCUT2D eigenvalue weighted by atomic mass is 10.2. The van der Waals surface area contributed by atoms with Gasteiger partial charge >= 0.3 is 6.03 Å². The summed E-state index contributed by atoms with van der Waals surface area (Å²) in [4.78, 5) is 51.6. The molecule has 3 amide bonds. The number of piperazine rings is 1. The molecule has 1 aliphatic carbocycles. The summed E-state index contributed by atoms with van der Waals surface area (Å²) >= 11 is 0. The highest BCUT2D eigenvalue weighted by Crippen LogP contribution is 2.18. The van der Waals surface area contributed by atoms with E-state index in [9.17, 15) is 14.4 Å². The van der Waals surface area contributed by atoms with Gasteiger partial charge in [0.2, 0.25) is 0 Å². The summed E-state index contributed by atoms with van der Waals surface area (Å²) in [6.07, 6.45) is 5.95. The Labute approximate surface area is 208 Å². The van der Waals surface area contributed by atoms with E-state index >= 15 is 0 Å². The molecule has 0 spiro atoms. The van der Waals surface area contributed by atoms with Crippen LogP contribution >= 0.6 is 0 Å². The zero-order valence-electron chi connectivity index (χ0n) is 20.4. The molecule has 1 saturated carbocycles. The second-order valence-corrected chi connectivity index (χ2v) is 9.26. The van der Waals surface area contributed by atoms with Gasteiger partial charge in [0.25, 0.3) is 11.5 Å². The maximum atomic E-state index is 13.5. The second kappa shape index (κ2) is 10.3. The summed E-state index contributed by atoms with van der Waals surface area (Å²) in [6, 6.07) is 11.0. The van der Waals surface area contributed by atoms with E-state index in [1.54, 1.807) is 35.2 Å². The smallest absolute Gasteiger partial charge is 0.317 e. The maximum absolute atomic E-state index is 13.5. The predicted octanol–water partition coefficient (Wildman–Crippen LogP) is 2.26. The first-order valence-corrected chi connectivity index (χ1v) is 12.4. The zero-order valence-corrected chi connectivity index (χ0v) is 20.4. The summed E-state index contributed by atoms with van der Waals surface area (Å²) < 4.78 is 6.71. The van der Waals surface area contributed by atoms with Gasteiger partial charge in [-0.05, 0) is 42.7 Å². The third-order valence-electron chi connectivity index (χ3n) is 6.94. The number of carbonyl (C=O) groups is 2. The van der Waals surface area contributed by atoms with E-state index in [0.29, 0.717) is 37.3 Å². The standard InChI is InChI=1S/C26H30N6O4/c1-36-20-10-8-18(9-11-20)17-32-23-21(7-4-12-27-23)29-22(25(32)34)24(33)30-13-15-31(16-14-30)26(35)28-19-5-2-3-6-19/h4,7-12,19H,2-3,5-6,13-17H2,1H3,(H,28,35). The minimum Gasteiger partial charge on any atom is -0.497 e. The van der Waals surface area contributed by atoms with Crippen molar-refractivity contribution in [3.8, 4) is 5.75 Å². The Bertz CT molecular complexity index is 1310. The summed E-state index contributed by atoms with van der Waals surface area (Å²) in [7, 11) is 1.60. The molecular formula is C26H30N6O4. The normalized spacial score (nSPS) is 16.4. The van der Waals surface area contributed by atoms with E-state index in [1.165, 1.54) is 4.57 Å². The van der Waals surface area contributed by atoms with Crippen molar-refractivity contribution < 1.29 is 14.3 Å². The van der Waals surface area contributed by atoms with Crippen molar-refractivity contribution in [1.82, 2.24) is 29.7 Å². The number of ether oxygens (including phenoxy) is 1. The van der Waals surface area contributed by atoms with Crippen molar-refractivity contribution >= 4 is 23.1 Å². The van der Waals surface area contributed by atoms with Gasteiger partial charge in [0.15, 0.2) is 11.3 Å². The Kier molecular flexibility index (Phi) is 6.84. The van der Waals surface area contributed by atoms with E-state index in [2.05, 4.69) is 15.3 Å². The van der Waals surface area contributed by atoms with Crippen LogP contribution in [0.2, 0.25) is 0 Å². The van der Waals surface area contributed by atoms with Crippen LogP contribution in [-0.2, 0) is 6.54 Å². The molecule has 1 saturated heterocycles. The highest BCUT2D eigenvalue weighted by molar-refractivity contribution is 5.93. The number of amides is 3. The number of nitrogens with zero attached hydrogens (tertiary/aromatic N) is 5. The molecule has 10 nitrogen and oxygen atoms in total. The average molecular weight is 491 g/mol. The molecule has 1 aliphatic heterocycles. The first-order valence-electron chi connectivity index (χ1n) is 12.4. The average Bonchev–Trinajstić information content (AvgIpc) is 3.43. The fraction of sp³-hybridized carbons (Fsp3) is 0.423. The molecule has 5 rings (SSSR count). The molecule has 0 unspecified atom stereocenters. The van der Waals surface area contributed by atoms with E-state index in [1.807, 2.05) is 24.3 Å². The minimum absolute atomic E-state index is 0.0780. The summed E-state index contributed by atoms with van der Waals surface area (Å²) in [5, 5.41) is 3.09. The summed E-state index contributed by atoms with van der Waals surface area (Å²) in [5.74, 6) is 0.292. The molecular weight excluding hydrogens is 460 g/mol. The number of urea groups is 1. The van der Waals surface area contributed by atoms with Crippen molar-refractivity contribution in [2.75, 3.05) is 33.3 Å². The molecule has 3 heterocycles. The number of carbonyl (C=O) groups excluding carboxylic acids is 2. The number of benzene rings is 1. The highest BCUT2D eigenvalue weighted by Gasteiger charge is 2.29. The minimum atomic E-state index is -0.483. The Morgan fingerprint density at radius 3 is 2.42 bits per heavy atom. The second-order valence-electron chi connectivity index (χ2n) is 9.26. The lowest BCUT2D eigenvalue weighted by molar-refractivity contribution is 0.0655. The van der Waals surface area contributed by atoms with E-state index in [-0.39, 0.29) is 24.3 Å². The number of pyridine rings is 1. The lowest BCUT2D eigenvalue weighted by Gasteiger charge is -2.35. The summed E-state index contributed by atoms with van der Waals surface area (Å²) in [6.45, 7) is 1.77. The molecule has 0 bridgehead atoms. The van der Waals surface area contributed by atoms with E-state index in [4.69, 9.17) is 4.74 Å². The lowest BCUT2D eigenvalue weighted by Crippen LogP contribution is -2.55. The van der Waals surface area contributed by atoms with Crippen LogP contribution in [0.5, 0.6) is 5.75 Å². The van der Waals surface area contributed by atoms with Crippen LogP contribution < -0.4 is 15.6 Å². The molecule has 36 heavy (non-hydrogen) atoms. The molecule has 1 N–H and O–H groups in total. The fourth-order valence-electron chi connectivity index (χ4n) is 4.87. The number of hydrogen-bond donors (Lipinski definition) is 1. The van der Waals surface area contributed by atoms with Gasteiger partial charge < -0.3 is 19.9 Å². The van der Waals surface area contributed by atoms with Gasteiger partial charge in [-0.15, -0.1) is 0 Å². The molecule has 0 atom stereocenters. The quantitative estimate of drug-likeness (QED) is 0.588. The Hall–Kier alpha value is -3.95. The van der Waals surface area contributed by atoms with Gasteiger partial charge in [0.1, 0.15) is 11.3 Å². The number of fused-ring (bicyclic) bond motifs is 1. The van der Waals surface area contributed by atoms with Crippen LogP contribution in [0.3, 0.4) is 0 Å². The van der Waals surface area contributed by atoms with Crippen LogP contribution in [0, 0.1) is 0 Å². The largest absolute Gasteiger partial charge is 0.497 e. The number of hydrogen-bond acceptors (Lipinski definition) is 6. The molecule has 2 aliphatic rings. The highest BCUT2D eigenvalue weighted by atomic mass is 16.5. The van der Waals surface area contributed by atoms with Gasteiger partial charge in [-0.25, -0.2) is 14.8 Å². The Morgan fingerprint density at radius 1 is 1.03 bits per heavy atom. The number of rotatable bonds is 5. The van der Waals surface area contributed by atoms with E-state index in [0.717, 1.165) is 37.0 Å². The van der Waals surface area contributed by atoms with Crippen LogP contribution in [0.25, 0.3) is 11.2 Å². The number of aromatic nitrogens is 3. The van der Waals surface area contributed by atoms with Crippen molar-refractivity contribution in [2.24, 2.45) is 0 Å². The van der Waals surface area contributed by atoms with Gasteiger partial charge in [0.05, 0.1) is 13.7 Å². The van der Waals surface area contributed by atoms with Crippen LogP contribution in [-0.4, -0.2) is 75.6 Å². The molecule has 188 valence electrons. The van der Waals surface area contributed by atoms with Gasteiger partial charge in [0, 0.05) is 38.4 Å². The fourth-order valence-corrected chi connectivity index (χ4v) is 4.87. The van der Waals surface area contributed by atoms with Gasteiger partial charge in [-0.1, -0.05) is 25.0 Å². The van der Waals surface area contributed by atoms with Crippen molar-refractivity contribution in [3.05, 3.63) is 64.2 Å². The molecule has 10 heteroatoms. The maximum Gasteiger partial charge on any atom is 0.317 e.